The van der Waals surface area contributed by atoms with E-state index in [4.69, 9.17) is 4.74 Å². The van der Waals surface area contributed by atoms with Gasteiger partial charge in [0.05, 0.1) is 11.4 Å². The fourth-order valence-electron chi connectivity index (χ4n) is 1.24. The third kappa shape index (κ3) is 1.14. The van der Waals surface area contributed by atoms with Crippen LogP contribution in [0.2, 0.25) is 0 Å². The lowest BCUT2D eigenvalue weighted by Crippen LogP contribution is -2.44. The molecule has 1 unspecified atom stereocenters. The molecule has 0 aromatic carbocycles. The van der Waals surface area contributed by atoms with Crippen molar-refractivity contribution < 1.29 is 4.74 Å². The summed E-state index contributed by atoms with van der Waals surface area (Å²) < 4.78 is 5.15. The molecule has 0 radical (unpaired) electrons. The van der Waals surface area contributed by atoms with E-state index in [1.54, 1.807) is 7.11 Å². The largest absolute Gasteiger partial charge is 0.364 e. The first-order chi connectivity index (χ1) is 4.56. The Labute approximate surface area is 61.5 Å². The molecule has 1 rings (SSSR count). The van der Waals surface area contributed by atoms with Gasteiger partial charge in [0.15, 0.2) is 6.23 Å². The lowest BCUT2D eigenvalue weighted by Gasteiger charge is -2.24. The Bertz CT molecular complexity index is 163. The highest BCUT2D eigenvalue weighted by Gasteiger charge is 2.34. The Balaban J connectivity index is 2.70. The van der Waals surface area contributed by atoms with Gasteiger partial charge in [-0.2, -0.15) is 0 Å². The summed E-state index contributed by atoms with van der Waals surface area (Å²) in [6, 6.07) is 0. The van der Waals surface area contributed by atoms with Crippen LogP contribution in [0.4, 0.5) is 0 Å². The molecule has 3 nitrogen and oxygen atoms in total. The second kappa shape index (κ2) is 2.23. The molecule has 1 N–H and O–H groups in total. The summed E-state index contributed by atoms with van der Waals surface area (Å²) in [5.74, 6) is 0.955. The molecular weight excluding hydrogens is 128 g/mol. The fraction of sp³-hybridized carbons (Fsp3) is 0.857. The van der Waals surface area contributed by atoms with Crippen molar-refractivity contribution in [2.45, 2.75) is 32.5 Å². The van der Waals surface area contributed by atoms with Crippen LogP contribution in [0.15, 0.2) is 4.99 Å². The molecule has 0 aromatic rings. The zero-order valence-corrected chi connectivity index (χ0v) is 6.93. The van der Waals surface area contributed by atoms with Crippen LogP contribution < -0.4 is 5.32 Å². The van der Waals surface area contributed by atoms with Gasteiger partial charge in [-0.05, 0) is 20.8 Å². The first kappa shape index (κ1) is 7.54. The first-order valence-corrected chi connectivity index (χ1v) is 3.41. The third-order valence-electron chi connectivity index (χ3n) is 1.65. The highest BCUT2D eigenvalue weighted by molar-refractivity contribution is 5.82. The molecular formula is C7H14N2O. The van der Waals surface area contributed by atoms with E-state index in [2.05, 4.69) is 24.2 Å². The molecule has 1 heterocycles. The van der Waals surface area contributed by atoms with E-state index in [1.807, 2.05) is 6.92 Å². The van der Waals surface area contributed by atoms with Crippen LogP contribution in [0.3, 0.4) is 0 Å². The minimum Gasteiger partial charge on any atom is -0.364 e. The Morgan fingerprint density at radius 3 is 2.40 bits per heavy atom. The van der Waals surface area contributed by atoms with Gasteiger partial charge in [0, 0.05) is 7.11 Å². The maximum atomic E-state index is 5.15. The topological polar surface area (TPSA) is 33.6 Å². The highest BCUT2D eigenvalue weighted by Crippen LogP contribution is 2.18. The molecule has 58 valence electrons. The minimum atomic E-state index is -0.0428. The Hall–Kier alpha value is -0.570. The van der Waals surface area contributed by atoms with E-state index in [0.717, 1.165) is 5.84 Å². The van der Waals surface area contributed by atoms with E-state index in [1.165, 1.54) is 0 Å². The normalized spacial score (nSPS) is 29.6. The van der Waals surface area contributed by atoms with E-state index in [0.29, 0.717) is 0 Å². The second-order valence-electron chi connectivity index (χ2n) is 3.15. The monoisotopic (exact) mass is 142 g/mol. The van der Waals surface area contributed by atoms with Crippen molar-refractivity contribution in [3.63, 3.8) is 0 Å². The van der Waals surface area contributed by atoms with Gasteiger partial charge in [-0.25, -0.2) is 4.99 Å². The number of nitrogens with one attached hydrogen (secondary N) is 1. The molecule has 0 aliphatic carbocycles. The summed E-state index contributed by atoms with van der Waals surface area (Å²) in [7, 11) is 1.68. The van der Waals surface area contributed by atoms with Gasteiger partial charge in [0.25, 0.3) is 0 Å². The number of hydrogen-bond donors (Lipinski definition) is 1. The van der Waals surface area contributed by atoms with E-state index < -0.39 is 0 Å². The molecule has 1 aliphatic heterocycles. The molecule has 1 atom stereocenters. The van der Waals surface area contributed by atoms with Crippen LogP contribution in [0.25, 0.3) is 0 Å². The van der Waals surface area contributed by atoms with E-state index in [9.17, 15) is 0 Å². The van der Waals surface area contributed by atoms with Gasteiger partial charge in [-0.3, -0.25) is 0 Å². The van der Waals surface area contributed by atoms with Crippen molar-refractivity contribution in [2.24, 2.45) is 4.99 Å². The van der Waals surface area contributed by atoms with Crippen molar-refractivity contribution in [2.75, 3.05) is 7.11 Å². The molecule has 0 bridgehead atoms. The maximum absolute atomic E-state index is 5.15. The smallest absolute Gasteiger partial charge is 0.172 e. The zero-order valence-electron chi connectivity index (χ0n) is 6.93. The molecule has 0 spiro atoms. The maximum Gasteiger partial charge on any atom is 0.172 e. The number of rotatable bonds is 1. The lowest BCUT2D eigenvalue weighted by atomic mass is 10.1. The zero-order chi connectivity index (χ0) is 7.78. The van der Waals surface area contributed by atoms with Crippen LogP contribution in [0.5, 0.6) is 0 Å². The van der Waals surface area contributed by atoms with Crippen molar-refractivity contribution in [3.05, 3.63) is 0 Å². The predicted molar refractivity (Wildman–Crippen MR) is 41.1 cm³/mol. The second-order valence-corrected chi connectivity index (χ2v) is 3.15. The molecule has 0 fully saturated rings. The summed E-state index contributed by atoms with van der Waals surface area (Å²) in [5.41, 5.74) is -0.0428. The molecule has 0 aromatic heterocycles. The number of methoxy groups -OCH3 is 1. The number of aliphatic imine (C=N–C) groups is 1. The van der Waals surface area contributed by atoms with Crippen molar-refractivity contribution in [3.8, 4) is 0 Å². The Morgan fingerprint density at radius 1 is 1.60 bits per heavy atom. The fourth-order valence-corrected chi connectivity index (χ4v) is 1.24. The average molecular weight is 142 g/mol. The number of nitrogens with zero attached hydrogens (tertiary/aromatic N) is 1. The number of ether oxygens (including phenoxy) is 1. The summed E-state index contributed by atoms with van der Waals surface area (Å²) in [6.07, 6.45) is -0.0347. The molecule has 10 heavy (non-hydrogen) atoms. The third-order valence-corrected chi connectivity index (χ3v) is 1.65. The van der Waals surface area contributed by atoms with E-state index in [-0.39, 0.29) is 11.8 Å². The van der Waals surface area contributed by atoms with Crippen molar-refractivity contribution in [1.82, 2.24) is 5.32 Å². The van der Waals surface area contributed by atoms with Gasteiger partial charge in [-0.15, -0.1) is 0 Å². The number of amidine groups is 1. The lowest BCUT2D eigenvalue weighted by molar-refractivity contribution is 0.0594. The quantitative estimate of drug-likeness (QED) is 0.586. The van der Waals surface area contributed by atoms with Gasteiger partial charge < -0.3 is 10.1 Å². The van der Waals surface area contributed by atoms with Crippen LogP contribution in [-0.4, -0.2) is 24.7 Å². The molecule has 3 heteroatoms. The SMILES string of the molecule is COC1N=C(C)NC1(C)C. The summed E-state index contributed by atoms with van der Waals surface area (Å²) in [4.78, 5) is 4.24. The minimum absolute atomic E-state index is 0.0347. The van der Waals surface area contributed by atoms with Crippen molar-refractivity contribution in [1.29, 1.82) is 0 Å². The van der Waals surface area contributed by atoms with Crippen LogP contribution in [0, 0.1) is 0 Å². The van der Waals surface area contributed by atoms with Gasteiger partial charge in [0.2, 0.25) is 0 Å². The Kier molecular flexibility index (Phi) is 1.68. The Morgan fingerprint density at radius 2 is 2.20 bits per heavy atom. The summed E-state index contributed by atoms with van der Waals surface area (Å²) in [6.45, 7) is 6.09. The van der Waals surface area contributed by atoms with Gasteiger partial charge in [0.1, 0.15) is 0 Å². The van der Waals surface area contributed by atoms with E-state index >= 15 is 0 Å². The molecule has 0 saturated carbocycles. The predicted octanol–water partition coefficient (Wildman–Crippen LogP) is 0.759. The van der Waals surface area contributed by atoms with Crippen LogP contribution in [0.1, 0.15) is 20.8 Å². The standard InChI is InChI=1S/C7H14N2O/c1-5-8-6(10-4)7(2,3)9-5/h6H,1-4H3,(H,8,9). The highest BCUT2D eigenvalue weighted by atomic mass is 16.5. The molecule has 1 aliphatic rings. The van der Waals surface area contributed by atoms with Gasteiger partial charge >= 0.3 is 0 Å². The first-order valence-electron chi connectivity index (χ1n) is 3.41. The summed E-state index contributed by atoms with van der Waals surface area (Å²) in [5, 5.41) is 3.22. The van der Waals surface area contributed by atoms with Crippen molar-refractivity contribution >= 4 is 5.84 Å². The molecule has 0 saturated heterocycles. The van der Waals surface area contributed by atoms with Gasteiger partial charge in [-0.1, -0.05) is 0 Å². The van der Waals surface area contributed by atoms with Crippen LogP contribution >= 0.6 is 0 Å². The number of hydrogen-bond acceptors (Lipinski definition) is 3. The summed E-state index contributed by atoms with van der Waals surface area (Å²) >= 11 is 0. The average Bonchev–Trinajstić information content (AvgIpc) is 2.04. The van der Waals surface area contributed by atoms with Crippen LogP contribution in [-0.2, 0) is 4.74 Å². The molecule has 0 amide bonds.